The Morgan fingerprint density at radius 2 is 2.43 bits per heavy atom. The maximum atomic E-state index is 6.21. The third-order valence-corrected chi connectivity index (χ3v) is 5.34. The van der Waals surface area contributed by atoms with E-state index in [2.05, 4.69) is 14.9 Å². The van der Waals surface area contributed by atoms with Crippen molar-refractivity contribution in [3.05, 3.63) is 41.1 Å². The molecule has 2 fully saturated rings. The van der Waals surface area contributed by atoms with E-state index in [0.717, 1.165) is 38.2 Å². The van der Waals surface area contributed by atoms with Gasteiger partial charge in [-0.05, 0) is 31.5 Å². The van der Waals surface area contributed by atoms with Gasteiger partial charge in [0.05, 0.1) is 24.9 Å². The van der Waals surface area contributed by atoms with Gasteiger partial charge in [0.15, 0.2) is 0 Å². The minimum atomic E-state index is -0.0532. The zero-order valence-electron chi connectivity index (χ0n) is 13.1. The molecular formula is C17H21N3O2S. The summed E-state index contributed by atoms with van der Waals surface area (Å²) < 4.78 is 12.2. The standard InChI is InChI=1S/C17H21N3O2S/c1-3-14(10-18-5-1)22-15-9-17(21-12-15)4-2-7-20(13-17)11-16-19-6-8-23-16/h1,3,5-6,8,10,15H,2,4,7,9,11-13H2/t15-,17+/m0/s1. The fourth-order valence-corrected chi connectivity index (χ4v) is 4.28. The first-order valence-corrected chi connectivity index (χ1v) is 9.01. The quantitative estimate of drug-likeness (QED) is 0.862. The van der Waals surface area contributed by atoms with Gasteiger partial charge in [-0.25, -0.2) is 4.98 Å². The van der Waals surface area contributed by atoms with Crippen LogP contribution >= 0.6 is 11.3 Å². The van der Waals surface area contributed by atoms with Crippen LogP contribution in [-0.2, 0) is 11.3 Å². The van der Waals surface area contributed by atoms with Crippen LogP contribution < -0.4 is 4.74 Å². The van der Waals surface area contributed by atoms with Crippen LogP contribution in [0.2, 0.25) is 0 Å². The number of hydrogen-bond acceptors (Lipinski definition) is 6. The summed E-state index contributed by atoms with van der Waals surface area (Å²) in [4.78, 5) is 11.0. The zero-order chi connectivity index (χ0) is 15.5. The molecule has 0 N–H and O–H groups in total. The summed E-state index contributed by atoms with van der Waals surface area (Å²) in [6, 6.07) is 3.85. The first-order valence-electron chi connectivity index (χ1n) is 8.13. The van der Waals surface area contributed by atoms with Gasteiger partial charge in [0.25, 0.3) is 0 Å². The van der Waals surface area contributed by atoms with Crippen LogP contribution in [0.1, 0.15) is 24.3 Å². The van der Waals surface area contributed by atoms with Gasteiger partial charge in [0, 0.05) is 30.7 Å². The van der Waals surface area contributed by atoms with Crippen molar-refractivity contribution in [2.24, 2.45) is 0 Å². The lowest BCUT2D eigenvalue weighted by molar-refractivity contribution is -0.0538. The van der Waals surface area contributed by atoms with E-state index in [1.54, 1.807) is 23.7 Å². The van der Waals surface area contributed by atoms with E-state index in [0.29, 0.717) is 6.61 Å². The highest BCUT2D eigenvalue weighted by Gasteiger charge is 2.44. The van der Waals surface area contributed by atoms with E-state index in [9.17, 15) is 0 Å². The SMILES string of the molecule is c1cncc(O[C@@H]2CO[C@]3(CCCN(Cc4nccs4)C3)C2)c1. The number of rotatable bonds is 4. The van der Waals surface area contributed by atoms with Crippen molar-refractivity contribution in [3.8, 4) is 5.75 Å². The van der Waals surface area contributed by atoms with Crippen LogP contribution in [0.4, 0.5) is 0 Å². The molecule has 2 aliphatic heterocycles. The molecule has 2 aromatic heterocycles. The topological polar surface area (TPSA) is 47.5 Å². The summed E-state index contributed by atoms with van der Waals surface area (Å²) in [6.45, 7) is 3.69. The van der Waals surface area contributed by atoms with E-state index in [4.69, 9.17) is 9.47 Å². The Kier molecular flexibility index (Phi) is 4.29. The molecule has 122 valence electrons. The molecule has 0 aliphatic carbocycles. The highest BCUT2D eigenvalue weighted by atomic mass is 32.1. The van der Waals surface area contributed by atoms with E-state index >= 15 is 0 Å². The summed E-state index contributed by atoms with van der Waals surface area (Å²) >= 11 is 1.72. The molecule has 2 aromatic rings. The molecule has 4 heterocycles. The minimum Gasteiger partial charge on any atom is -0.486 e. The van der Waals surface area contributed by atoms with Crippen molar-refractivity contribution in [2.75, 3.05) is 19.7 Å². The number of nitrogens with zero attached hydrogens (tertiary/aromatic N) is 3. The van der Waals surface area contributed by atoms with Gasteiger partial charge in [-0.2, -0.15) is 0 Å². The average Bonchev–Trinajstić information content (AvgIpc) is 3.19. The molecule has 1 spiro atoms. The molecule has 23 heavy (non-hydrogen) atoms. The summed E-state index contributed by atoms with van der Waals surface area (Å²) in [5.74, 6) is 0.827. The van der Waals surface area contributed by atoms with E-state index in [1.807, 2.05) is 23.7 Å². The number of piperidine rings is 1. The van der Waals surface area contributed by atoms with Crippen molar-refractivity contribution >= 4 is 11.3 Å². The Balaban J connectivity index is 1.37. The van der Waals surface area contributed by atoms with Crippen molar-refractivity contribution in [2.45, 2.75) is 37.5 Å². The van der Waals surface area contributed by atoms with E-state index < -0.39 is 0 Å². The van der Waals surface area contributed by atoms with Gasteiger partial charge >= 0.3 is 0 Å². The molecule has 0 unspecified atom stereocenters. The first-order chi connectivity index (χ1) is 11.3. The summed E-state index contributed by atoms with van der Waals surface area (Å²) in [5, 5.41) is 3.22. The maximum absolute atomic E-state index is 6.21. The van der Waals surface area contributed by atoms with E-state index in [-0.39, 0.29) is 11.7 Å². The molecule has 0 amide bonds. The second-order valence-electron chi connectivity index (χ2n) is 6.37. The molecule has 6 heteroatoms. The van der Waals surface area contributed by atoms with Crippen molar-refractivity contribution < 1.29 is 9.47 Å². The average molecular weight is 331 g/mol. The van der Waals surface area contributed by atoms with Gasteiger partial charge in [0.1, 0.15) is 16.9 Å². The van der Waals surface area contributed by atoms with Crippen molar-refractivity contribution in [1.29, 1.82) is 0 Å². The fourth-order valence-electron chi connectivity index (χ4n) is 3.62. The number of ether oxygens (including phenoxy) is 2. The Labute approximate surface area is 140 Å². The van der Waals surface area contributed by atoms with Gasteiger partial charge in [-0.3, -0.25) is 9.88 Å². The minimum absolute atomic E-state index is 0.0532. The molecule has 0 radical (unpaired) electrons. The molecule has 2 atom stereocenters. The lowest BCUT2D eigenvalue weighted by atomic mass is 9.89. The Bertz CT molecular complexity index is 622. The van der Waals surface area contributed by atoms with Crippen LogP contribution in [-0.4, -0.2) is 46.3 Å². The number of hydrogen-bond donors (Lipinski definition) is 0. The maximum Gasteiger partial charge on any atom is 0.138 e. The second kappa shape index (κ2) is 6.55. The van der Waals surface area contributed by atoms with Crippen LogP contribution in [0.5, 0.6) is 5.75 Å². The Morgan fingerprint density at radius 3 is 3.26 bits per heavy atom. The predicted octanol–water partition coefficient (Wildman–Crippen LogP) is 2.74. The lowest BCUT2D eigenvalue weighted by Gasteiger charge is -2.39. The normalized spacial score (nSPS) is 28.3. The summed E-state index contributed by atoms with van der Waals surface area (Å²) in [5.41, 5.74) is -0.0532. The van der Waals surface area contributed by atoms with Gasteiger partial charge in [0.2, 0.25) is 0 Å². The summed E-state index contributed by atoms with van der Waals surface area (Å²) in [6.07, 6.45) is 8.77. The van der Waals surface area contributed by atoms with Crippen LogP contribution in [0.25, 0.3) is 0 Å². The van der Waals surface area contributed by atoms with Crippen molar-refractivity contribution in [1.82, 2.24) is 14.9 Å². The zero-order valence-corrected chi connectivity index (χ0v) is 13.9. The monoisotopic (exact) mass is 331 g/mol. The largest absolute Gasteiger partial charge is 0.486 e. The smallest absolute Gasteiger partial charge is 0.138 e. The molecule has 5 nitrogen and oxygen atoms in total. The molecule has 4 rings (SSSR count). The van der Waals surface area contributed by atoms with E-state index in [1.165, 1.54) is 11.4 Å². The number of thiazole rings is 1. The third-order valence-electron chi connectivity index (χ3n) is 4.57. The predicted molar refractivity (Wildman–Crippen MR) is 88.6 cm³/mol. The second-order valence-corrected chi connectivity index (χ2v) is 7.35. The van der Waals surface area contributed by atoms with Crippen LogP contribution in [0, 0.1) is 0 Å². The molecule has 0 aromatic carbocycles. The van der Waals surface area contributed by atoms with Gasteiger partial charge < -0.3 is 9.47 Å². The van der Waals surface area contributed by atoms with Crippen LogP contribution in [0.15, 0.2) is 36.1 Å². The Morgan fingerprint density at radius 1 is 1.43 bits per heavy atom. The number of aromatic nitrogens is 2. The molecule has 2 aliphatic rings. The fraction of sp³-hybridized carbons (Fsp3) is 0.529. The number of likely N-dealkylation sites (tertiary alicyclic amines) is 1. The van der Waals surface area contributed by atoms with Gasteiger partial charge in [-0.1, -0.05) is 0 Å². The molecule has 0 bridgehead atoms. The molecular weight excluding hydrogens is 310 g/mol. The first kappa shape index (κ1) is 15.1. The molecule has 2 saturated heterocycles. The Hall–Kier alpha value is -1.50. The lowest BCUT2D eigenvalue weighted by Crippen LogP contribution is -2.47. The number of pyridine rings is 1. The molecule has 0 saturated carbocycles. The highest BCUT2D eigenvalue weighted by molar-refractivity contribution is 7.09. The third kappa shape index (κ3) is 3.54. The summed E-state index contributed by atoms with van der Waals surface area (Å²) in [7, 11) is 0. The van der Waals surface area contributed by atoms with Crippen LogP contribution in [0.3, 0.4) is 0 Å². The van der Waals surface area contributed by atoms with Crippen molar-refractivity contribution in [3.63, 3.8) is 0 Å². The highest BCUT2D eigenvalue weighted by Crippen LogP contribution is 2.36. The van der Waals surface area contributed by atoms with Gasteiger partial charge in [-0.15, -0.1) is 11.3 Å².